The van der Waals surface area contributed by atoms with E-state index in [1.807, 2.05) is 0 Å². The molecule has 1 aliphatic heterocycles. The van der Waals surface area contributed by atoms with E-state index < -0.39 is 0 Å². The van der Waals surface area contributed by atoms with Crippen LogP contribution >= 0.6 is 0 Å². The molecule has 0 saturated carbocycles. The first kappa shape index (κ1) is 5.61. The molecule has 2 N–H and O–H groups in total. The Hall–Kier alpha value is -0.520. The van der Waals surface area contributed by atoms with Gasteiger partial charge in [0, 0.05) is 0 Å². The highest BCUT2D eigenvalue weighted by Gasteiger charge is 2.31. The smallest absolute Gasteiger partial charge is 0.125 e. The minimum absolute atomic E-state index is 0.311. The fourth-order valence-electron chi connectivity index (χ4n) is 0.643. The highest BCUT2D eigenvalue weighted by Crippen LogP contribution is 2.10. The van der Waals surface area contributed by atoms with Crippen LogP contribution in [0.5, 0.6) is 0 Å². The molecule has 8 heavy (non-hydrogen) atoms. The highest BCUT2D eigenvalue weighted by molar-refractivity contribution is 5.18. The third-order valence-electron chi connectivity index (χ3n) is 1.09. The molecule has 0 aromatic carbocycles. The van der Waals surface area contributed by atoms with Crippen LogP contribution in [0.1, 0.15) is 6.92 Å². The summed E-state index contributed by atoms with van der Waals surface area (Å²) in [4.78, 5) is 0. The average molecular weight is 111 g/mol. The van der Waals surface area contributed by atoms with E-state index in [4.69, 9.17) is 10.5 Å². The van der Waals surface area contributed by atoms with Gasteiger partial charge in [-0.3, -0.25) is 0 Å². The van der Waals surface area contributed by atoms with Crippen molar-refractivity contribution in [2.45, 2.75) is 12.5 Å². The molecule has 0 aromatic heterocycles. The van der Waals surface area contributed by atoms with E-state index in [9.17, 15) is 0 Å². The molecule has 1 rings (SSSR count). The van der Waals surface area contributed by atoms with Gasteiger partial charge in [0.05, 0.1) is 13.2 Å². The van der Waals surface area contributed by atoms with Gasteiger partial charge in [-0.25, -0.2) is 0 Å². The Bertz CT molecular complexity index is 138. The molecule has 0 amide bonds. The van der Waals surface area contributed by atoms with Crippen molar-refractivity contribution in [1.29, 1.82) is 0 Å². The standard InChI is InChI=1S/C6H9NO/c1-2-3-6(7)4-8-5-6/h4-5,7H2,1H3. The molecule has 1 aliphatic rings. The van der Waals surface area contributed by atoms with Crippen molar-refractivity contribution in [2.75, 3.05) is 13.2 Å². The summed E-state index contributed by atoms with van der Waals surface area (Å²) in [6, 6.07) is 0. The molecule has 0 bridgehead atoms. The monoisotopic (exact) mass is 111 g/mol. The van der Waals surface area contributed by atoms with Gasteiger partial charge in [-0.2, -0.15) is 0 Å². The van der Waals surface area contributed by atoms with Crippen LogP contribution in [0.15, 0.2) is 0 Å². The largest absolute Gasteiger partial charge is 0.375 e. The summed E-state index contributed by atoms with van der Waals surface area (Å²) >= 11 is 0. The van der Waals surface area contributed by atoms with Crippen LogP contribution in [-0.2, 0) is 4.74 Å². The molecule has 1 fully saturated rings. The minimum atomic E-state index is -0.311. The number of ether oxygens (including phenoxy) is 1. The van der Waals surface area contributed by atoms with Crippen LogP contribution in [0.25, 0.3) is 0 Å². The van der Waals surface area contributed by atoms with Crippen molar-refractivity contribution >= 4 is 0 Å². The summed E-state index contributed by atoms with van der Waals surface area (Å²) in [7, 11) is 0. The van der Waals surface area contributed by atoms with Gasteiger partial charge in [-0.05, 0) is 6.92 Å². The van der Waals surface area contributed by atoms with Gasteiger partial charge in [0.15, 0.2) is 0 Å². The Morgan fingerprint density at radius 3 is 2.38 bits per heavy atom. The first-order valence-corrected chi connectivity index (χ1v) is 2.57. The molecule has 1 heterocycles. The van der Waals surface area contributed by atoms with Crippen LogP contribution in [0.2, 0.25) is 0 Å². The Morgan fingerprint density at radius 1 is 1.62 bits per heavy atom. The zero-order chi connectivity index (χ0) is 6.04. The van der Waals surface area contributed by atoms with Crippen molar-refractivity contribution < 1.29 is 4.74 Å². The first-order valence-electron chi connectivity index (χ1n) is 2.57. The highest BCUT2D eigenvalue weighted by atomic mass is 16.5. The maximum atomic E-state index is 5.61. The Kier molecular flexibility index (Phi) is 1.24. The summed E-state index contributed by atoms with van der Waals surface area (Å²) in [5.41, 5.74) is 5.30. The lowest BCUT2D eigenvalue weighted by Gasteiger charge is -2.32. The zero-order valence-electron chi connectivity index (χ0n) is 4.90. The van der Waals surface area contributed by atoms with Gasteiger partial charge in [-0.15, -0.1) is 5.92 Å². The van der Waals surface area contributed by atoms with Crippen molar-refractivity contribution in [3.63, 3.8) is 0 Å². The zero-order valence-corrected chi connectivity index (χ0v) is 4.90. The maximum absolute atomic E-state index is 5.61. The SMILES string of the molecule is CC#CC1(N)COC1. The van der Waals surface area contributed by atoms with Gasteiger partial charge in [0.2, 0.25) is 0 Å². The fourth-order valence-corrected chi connectivity index (χ4v) is 0.643. The van der Waals surface area contributed by atoms with E-state index >= 15 is 0 Å². The molecule has 44 valence electrons. The Balaban J connectivity index is 2.49. The van der Waals surface area contributed by atoms with Crippen molar-refractivity contribution in [2.24, 2.45) is 5.73 Å². The van der Waals surface area contributed by atoms with Crippen molar-refractivity contribution in [1.82, 2.24) is 0 Å². The molecular weight excluding hydrogens is 102 g/mol. The van der Waals surface area contributed by atoms with E-state index in [1.165, 1.54) is 0 Å². The Morgan fingerprint density at radius 2 is 2.25 bits per heavy atom. The van der Waals surface area contributed by atoms with Crippen LogP contribution < -0.4 is 5.73 Å². The predicted octanol–water partition coefficient (Wildman–Crippen LogP) is -0.263. The first-order chi connectivity index (χ1) is 3.77. The summed E-state index contributed by atoms with van der Waals surface area (Å²) in [6.45, 7) is 2.97. The molecule has 2 heteroatoms. The fraction of sp³-hybridized carbons (Fsp3) is 0.667. The average Bonchev–Trinajstić information content (AvgIpc) is 1.64. The summed E-state index contributed by atoms with van der Waals surface area (Å²) in [5, 5.41) is 0. The Labute approximate surface area is 49.0 Å². The third-order valence-corrected chi connectivity index (χ3v) is 1.09. The van der Waals surface area contributed by atoms with Gasteiger partial charge in [-0.1, -0.05) is 5.92 Å². The number of hydrogen-bond donors (Lipinski definition) is 1. The summed E-state index contributed by atoms with van der Waals surface area (Å²) in [6.07, 6.45) is 0. The number of hydrogen-bond acceptors (Lipinski definition) is 2. The lowest BCUT2D eigenvalue weighted by atomic mass is 10.0. The van der Waals surface area contributed by atoms with Crippen LogP contribution in [0.4, 0.5) is 0 Å². The molecule has 0 aliphatic carbocycles. The van der Waals surface area contributed by atoms with E-state index in [-0.39, 0.29) is 5.54 Å². The molecule has 0 aromatic rings. The number of rotatable bonds is 0. The van der Waals surface area contributed by atoms with Crippen LogP contribution in [0, 0.1) is 11.8 Å². The second-order valence-electron chi connectivity index (χ2n) is 2.02. The van der Waals surface area contributed by atoms with Gasteiger partial charge < -0.3 is 10.5 Å². The number of nitrogens with two attached hydrogens (primary N) is 1. The maximum Gasteiger partial charge on any atom is 0.125 e. The van der Waals surface area contributed by atoms with Gasteiger partial charge in [0.25, 0.3) is 0 Å². The topological polar surface area (TPSA) is 35.2 Å². The lowest BCUT2D eigenvalue weighted by Crippen LogP contribution is -2.56. The molecule has 0 radical (unpaired) electrons. The van der Waals surface area contributed by atoms with Crippen molar-refractivity contribution in [3.8, 4) is 11.8 Å². The van der Waals surface area contributed by atoms with Gasteiger partial charge >= 0.3 is 0 Å². The van der Waals surface area contributed by atoms with E-state index in [1.54, 1.807) is 6.92 Å². The molecular formula is C6H9NO. The van der Waals surface area contributed by atoms with Crippen LogP contribution in [-0.4, -0.2) is 18.8 Å². The van der Waals surface area contributed by atoms with E-state index in [0.717, 1.165) is 0 Å². The second-order valence-corrected chi connectivity index (χ2v) is 2.02. The predicted molar refractivity (Wildman–Crippen MR) is 31.2 cm³/mol. The normalized spacial score (nSPS) is 22.8. The molecule has 2 nitrogen and oxygen atoms in total. The summed E-state index contributed by atoms with van der Waals surface area (Å²) in [5.74, 6) is 5.62. The second kappa shape index (κ2) is 1.77. The minimum Gasteiger partial charge on any atom is -0.375 e. The van der Waals surface area contributed by atoms with Crippen molar-refractivity contribution in [3.05, 3.63) is 0 Å². The third kappa shape index (κ3) is 0.835. The molecule has 1 saturated heterocycles. The lowest BCUT2D eigenvalue weighted by molar-refractivity contribution is -0.0229. The van der Waals surface area contributed by atoms with E-state index in [2.05, 4.69) is 11.8 Å². The summed E-state index contributed by atoms with van der Waals surface area (Å²) < 4.78 is 4.86. The quantitative estimate of drug-likeness (QED) is 0.437. The molecule has 0 atom stereocenters. The van der Waals surface area contributed by atoms with Crippen LogP contribution in [0.3, 0.4) is 0 Å². The van der Waals surface area contributed by atoms with E-state index in [0.29, 0.717) is 13.2 Å². The molecule has 0 spiro atoms. The van der Waals surface area contributed by atoms with Gasteiger partial charge in [0.1, 0.15) is 5.54 Å². The molecule has 0 unspecified atom stereocenters.